The molecule has 0 spiro atoms. The van der Waals surface area contributed by atoms with Crippen LogP contribution in [0.4, 0.5) is 0 Å². The van der Waals surface area contributed by atoms with Crippen molar-refractivity contribution in [3.05, 3.63) is 95.1 Å². The molecule has 32 heavy (non-hydrogen) atoms. The van der Waals surface area contributed by atoms with Gasteiger partial charge < -0.3 is 10.4 Å². The molecule has 4 heteroatoms. The summed E-state index contributed by atoms with van der Waals surface area (Å²) in [6.07, 6.45) is 2.01. The van der Waals surface area contributed by atoms with E-state index in [1.54, 1.807) is 20.8 Å². The average Bonchev–Trinajstić information content (AvgIpc) is 3.03. The molecule has 0 radical (unpaired) electrons. The molecule has 4 nitrogen and oxygen atoms in total. The molecule has 1 aliphatic carbocycles. The van der Waals surface area contributed by atoms with Gasteiger partial charge in [-0.2, -0.15) is 0 Å². The van der Waals surface area contributed by atoms with Crippen LogP contribution in [-0.2, 0) is 28.0 Å². The minimum absolute atomic E-state index is 0.0530. The number of hydrogen-bond acceptors (Lipinski definition) is 2. The number of carbonyl (C=O) groups excluding carboxylic acids is 1. The first-order valence-electron chi connectivity index (χ1n) is 11.0. The Morgan fingerprint density at radius 1 is 0.844 bits per heavy atom. The van der Waals surface area contributed by atoms with E-state index < -0.39 is 16.9 Å². The number of carboxylic acid groups (broad SMARTS) is 1. The van der Waals surface area contributed by atoms with E-state index in [4.69, 9.17) is 0 Å². The number of aryl methyl sites for hydroxylation is 1. The first-order valence-corrected chi connectivity index (χ1v) is 11.0. The van der Waals surface area contributed by atoms with Gasteiger partial charge in [0.05, 0.1) is 11.0 Å². The smallest absolute Gasteiger partial charge is 0.309 e. The van der Waals surface area contributed by atoms with Gasteiger partial charge in [0.2, 0.25) is 5.91 Å². The summed E-state index contributed by atoms with van der Waals surface area (Å²) in [4.78, 5) is 23.7. The first-order chi connectivity index (χ1) is 15.2. The van der Waals surface area contributed by atoms with Gasteiger partial charge in [-0.3, -0.25) is 9.59 Å². The van der Waals surface area contributed by atoms with E-state index in [0.29, 0.717) is 6.42 Å². The Labute approximate surface area is 189 Å². The molecule has 2 N–H and O–H groups in total. The standard InChI is InChI=1S/C28H29NO3/c1-19(30)29-28(24-10-6-4-8-22(24)23-9-5-7-11-25(23)28)17-16-20-12-14-21(15-13-20)18-27(2,3)26(31)32/h4-15H,16-18H2,1-3H3,(H,29,30)(H,31,32). The third-order valence-corrected chi connectivity index (χ3v) is 6.49. The third kappa shape index (κ3) is 3.93. The molecule has 3 aromatic carbocycles. The second kappa shape index (κ2) is 8.27. The van der Waals surface area contributed by atoms with Crippen LogP contribution in [0.25, 0.3) is 11.1 Å². The number of carboxylic acids is 1. The zero-order valence-corrected chi connectivity index (χ0v) is 18.8. The Kier molecular flexibility index (Phi) is 5.64. The highest BCUT2D eigenvalue weighted by Crippen LogP contribution is 2.49. The van der Waals surface area contributed by atoms with Crippen LogP contribution in [0.3, 0.4) is 0 Å². The average molecular weight is 428 g/mol. The molecule has 0 atom stereocenters. The lowest BCUT2D eigenvalue weighted by Crippen LogP contribution is -2.45. The van der Waals surface area contributed by atoms with Crippen molar-refractivity contribution in [3.8, 4) is 11.1 Å². The van der Waals surface area contributed by atoms with Crippen LogP contribution in [-0.4, -0.2) is 17.0 Å². The highest BCUT2D eigenvalue weighted by Gasteiger charge is 2.43. The van der Waals surface area contributed by atoms with Crippen LogP contribution in [0.1, 0.15) is 49.4 Å². The van der Waals surface area contributed by atoms with Crippen LogP contribution in [0, 0.1) is 5.41 Å². The van der Waals surface area contributed by atoms with Gasteiger partial charge >= 0.3 is 5.97 Å². The first kappa shape index (κ1) is 21.8. The van der Waals surface area contributed by atoms with Crippen molar-refractivity contribution in [1.82, 2.24) is 5.32 Å². The summed E-state index contributed by atoms with van der Waals surface area (Å²) in [6, 6.07) is 24.8. The largest absolute Gasteiger partial charge is 0.481 e. The van der Waals surface area contributed by atoms with Crippen molar-refractivity contribution in [2.45, 2.75) is 45.6 Å². The molecular weight excluding hydrogens is 398 g/mol. The van der Waals surface area contributed by atoms with E-state index in [1.165, 1.54) is 11.1 Å². The number of amides is 1. The van der Waals surface area contributed by atoms with Crippen molar-refractivity contribution in [1.29, 1.82) is 0 Å². The number of rotatable bonds is 7. The van der Waals surface area contributed by atoms with Gasteiger partial charge in [-0.25, -0.2) is 0 Å². The minimum Gasteiger partial charge on any atom is -0.481 e. The SMILES string of the molecule is CC(=O)NC1(CCc2ccc(CC(C)(C)C(=O)O)cc2)c2ccccc2-c2ccccc21. The monoisotopic (exact) mass is 427 g/mol. The lowest BCUT2D eigenvalue weighted by Gasteiger charge is -2.33. The quantitative estimate of drug-likeness (QED) is 0.535. The second-order valence-corrected chi connectivity index (χ2v) is 9.36. The third-order valence-electron chi connectivity index (χ3n) is 6.49. The van der Waals surface area contributed by atoms with Gasteiger partial charge in [-0.05, 0) is 66.5 Å². The number of benzene rings is 3. The molecule has 0 saturated heterocycles. The predicted octanol–water partition coefficient (Wildman–Crippen LogP) is 5.33. The molecule has 0 bridgehead atoms. The number of carbonyl (C=O) groups is 2. The van der Waals surface area contributed by atoms with Gasteiger partial charge in [0.25, 0.3) is 0 Å². The van der Waals surface area contributed by atoms with Crippen molar-refractivity contribution < 1.29 is 14.7 Å². The predicted molar refractivity (Wildman–Crippen MR) is 126 cm³/mol. The van der Waals surface area contributed by atoms with E-state index in [2.05, 4.69) is 41.7 Å². The van der Waals surface area contributed by atoms with E-state index in [-0.39, 0.29) is 5.91 Å². The Balaban J connectivity index is 1.63. The molecule has 164 valence electrons. The Hall–Kier alpha value is -3.40. The summed E-state index contributed by atoms with van der Waals surface area (Å²) < 4.78 is 0. The summed E-state index contributed by atoms with van der Waals surface area (Å²) in [7, 11) is 0. The van der Waals surface area contributed by atoms with Gasteiger partial charge in [0.1, 0.15) is 0 Å². The van der Waals surface area contributed by atoms with Crippen LogP contribution in [0.15, 0.2) is 72.8 Å². The summed E-state index contributed by atoms with van der Waals surface area (Å²) in [5.74, 6) is -0.847. The zero-order valence-electron chi connectivity index (χ0n) is 18.8. The number of hydrogen-bond donors (Lipinski definition) is 2. The summed E-state index contributed by atoms with van der Waals surface area (Å²) in [5.41, 5.74) is 5.42. The Morgan fingerprint density at radius 2 is 1.34 bits per heavy atom. The lowest BCUT2D eigenvalue weighted by molar-refractivity contribution is -0.146. The zero-order chi connectivity index (χ0) is 22.9. The molecule has 0 unspecified atom stereocenters. The maximum atomic E-state index is 12.3. The molecule has 1 amide bonds. The van der Waals surface area contributed by atoms with Gasteiger partial charge in [-0.15, -0.1) is 0 Å². The van der Waals surface area contributed by atoms with E-state index in [9.17, 15) is 14.7 Å². The number of fused-ring (bicyclic) bond motifs is 3. The molecule has 0 aliphatic heterocycles. The molecule has 4 rings (SSSR count). The summed E-state index contributed by atoms with van der Waals surface area (Å²) >= 11 is 0. The minimum atomic E-state index is -0.797. The number of nitrogens with one attached hydrogen (secondary N) is 1. The highest BCUT2D eigenvalue weighted by molar-refractivity contribution is 5.84. The van der Waals surface area contributed by atoms with Gasteiger partial charge in [-0.1, -0.05) is 72.8 Å². The second-order valence-electron chi connectivity index (χ2n) is 9.36. The maximum Gasteiger partial charge on any atom is 0.309 e. The number of aliphatic carboxylic acids is 1. The molecule has 1 aliphatic rings. The summed E-state index contributed by atoms with van der Waals surface area (Å²) in [6.45, 7) is 5.06. The van der Waals surface area contributed by atoms with Gasteiger partial charge in [0, 0.05) is 6.92 Å². The molecule has 0 fully saturated rings. The van der Waals surface area contributed by atoms with Crippen LogP contribution < -0.4 is 5.32 Å². The normalized spacial score (nSPS) is 13.8. The fraction of sp³-hybridized carbons (Fsp3) is 0.286. The highest BCUT2D eigenvalue weighted by atomic mass is 16.4. The molecule has 0 heterocycles. The molecule has 0 aromatic heterocycles. The topological polar surface area (TPSA) is 66.4 Å². The maximum absolute atomic E-state index is 12.3. The Morgan fingerprint density at radius 3 is 1.84 bits per heavy atom. The van der Waals surface area contributed by atoms with Crippen molar-refractivity contribution >= 4 is 11.9 Å². The van der Waals surface area contributed by atoms with Crippen molar-refractivity contribution in [2.24, 2.45) is 5.41 Å². The fourth-order valence-corrected chi connectivity index (χ4v) is 4.83. The Bertz CT molecular complexity index is 1120. The summed E-state index contributed by atoms with van der Waals surface area (Å²) in [5, 5.41) is 12.7. The lowest BCUT2D eigenvalue weighted by atomic mass is 9.81. The molecular formula is C28H29NO3. The fourth-order valence-electron chi connectivity index (χ4n) is 4.83. The van der Waals surface area contributed by atoms with Crippen molar-refractivity contribution in [3.63, 3.8) is 0 Å². The van der Waals surface area contributed by atoms with Crippen LogP contribution in [0.5, 0.6) is 0 Å². The van der Waals surface area contributed by atoms with Gasteiger partial charge in [0.15, 0.2) is 0 Å². The van der Waals surface area contributed by atoms with Crippen molar-refractivity contribution in [2.75, 3.05) is 0 Å². The molecule has 3 aromatic rings. The van der Waals surface area contributed by atoms with Crippen LogP contribution in [0.2, 0.25) is 0 Å². The van der Waals surface area contributed by atoms with Crippen LogP contribution >= 0.6 is 0 Å². The molecule has 0 saturated carbocycles. The van der Waals surface area contributed by atoms with E-state index in [0.717, 1.165) is 35.1 Å². The van der Waals surface area contributed by atoms with E-state index >= 15 is 0 Å². The van der Waals surface area contributed by atoms with E-state index in [1.807, 2.05) is 36.4 Å².